The van der Waals surface area contributed by atoms with Crippen molar-refractivity contribution in [3.05, 3.63) is 52.6 Å². The molecule has 0 aliphatic heterocycles. The zero-order chi connectivity index (χ0) is 12.4. The molecule has 1 heterocycles. The van der Waals surface area contributed by atoms with Crippen LogP contribution in [0.4, 0.5) is 4.39 Å². The number of hydrogen-bond donors (Lipinski definition) is 1. The second kappa shape index (κ2) is 4.85. The van der Waals surface area contributed by atoms with Crippen LogP contribution >= 0.6 is 11.6 Å². The van der Waals surface area contributed by atoms with Gasteiger partial charge in [0.1, 0.15) is 11.9 Å². The van der Waals surface area contributed by atoms with E-state index >= 15 is 0 Å². The van der Waals surface area contributed by atoms with E-state index in [0.717, 1.165) is 0 Å². The van der Waals surface area contributed by atoms with Gasteiger partial charge in [-0.25, -0.2) is 4.39 Å². The predicted octanol–water partition coefficient (Wildman–Crippen LogP) is 2.78. The van der Waals surface area contributed by atoms with E-state index in [9.17, 15) is 9.50 Å². The standard InChI is InChI=1S/C12H12ClFN2O/c1-2-16-10(6-7-15-16)12(17)11-8(13)4-3-5-9(11)14/h3-7,12,17H,2H2,1H3. The molecule has 1 atom stereocenters. The minimum atomic E-state index is -1.11. The molecule has 0 amide bonds. The van der Waals surface area contributed by atoms with Crippen LogP contribution in [-0.4, -0.2) is 14.9 Å². The second-order valence-electron chi connectivity index (χ2n) is 3.61. The van der Waals surface area contributed by atoms with Crippen molar-refractivity contribution in [2.24, 2.45) is 0 Å². The van der Waals surface area contributed by atoms with E-state index in [0.29, 0.717) is 12.2 Å². The Balaban J connectivity index is 2.47. The Morgan fingerprint density at radius 1 is 1.47 bits per heavy atom. The Morgan fingerprint density at radius 2 is 2.24 bits per heavy atom. The molecule has 1 N–H and O–H groups in total. The molecular weight excluding hydrogens is 243 g/mol. The van der Waals surface area contributed by atoms with Gasteiger partial charge in [0, 0.05) is 23.3 Å². The van der Waals surface area contributed by atoms with E-state index in [1.165, 1.54) is 12.1 Å². The normalized spacial score (nSPS) is 12.7. The third kappa shape index (κ3) is 2.18. The molecule has 90 valence electrons. The van der Waals surface area contributed by atoms with Crippen molar-refractivity contribution in [3.63, 3.8) is 0 Å². The fraction of sp³-hybridized carbons (Fsp3) is 0.250. The van der Waals surface area contributed by atoms with Gasteiger partial charge >= 0.3 is 0 Å². The largest absolute Gasteiger partial charge is 0.382 e. The molecule has 2 aromatic rings. The Hall–Kier alpha value is -1.39. The molecule has 0 aliphatic carbocycles. The lowest BCUT2D eigenvalue weighted by molar-refractivity contribution is 0.203. The van der Waals surface area contributed by atoms with Crippen molar-refractivity contribution in [1.82, 2.24) is 9.78 Å². The van der Waals surface area contributed by atoms with Gasteiger partial charge in [-0.15, -0.1) is 0 Å². The van der Waals surface area contributed by atoms with Crippen molar-refractivity contribution in [2.75, 3.05) is 0 Å². The number of nitrogens with zero attached hydrogens (tertiary/aromatic N) is 2. The maximum Gasteiger partial charge on any atom is 0.130 e. The van der Waals surface area contributed by atoms with Crippen LogP contribution in [0, 0.1) is 5.82 Å². The number of aryl methyl sites for hydroxylation is 1. The van der Waals surface area contributed by atoms with Crippen molar-refractivity contribution in [3.8, 4) is 0 Å². The third-order valence-electron chi connectivity index (χ3n) is 2.60. The Bertz CT molecular complexity index is 507. The van der Waals surface area contributed by atoms with E-state index in [1.54, 1.807) is 23.0 Å². The van der Waals surface area contributed by atoms with Gasteiger partial charge in [0.25, 0.3) is 0 Å². The minimum Gasteiger partial charge on any atom is -0.382 e. The van der Waals surface area contributed by atoms with Gasteiger partial charge in [-0.3, -0.25) is 4.68 Å². The van der Waals surface area contributed by atoms with Crippen molar-refractivity contribution in [2.45, 2.75) is 19.6 Å². The quantitative estimate of drug-likeness (QED) is 0.915. The number of benzene rings is 1. The van der Waals surface area contributed by atoms with Crippen LogP contribution in [0.5, 0.6) is 0 Å². The fourth-order valence-electron chi connectivity index (χ4n) is 1.76. The molecule has 0 saturated heterocycles. The molecular formula is C12H12ClFN2O. The maximum absolute atomic E-state index is 13.7. The van der Waals surface area contributed by atoms with Gasteiger partial charge in [-0.05, 0) is 25.1 Å². The van der Waals surface area contributed by atoms with Gasteiger partial charge in [0.05, 0.1) is 5.69 Å². The molecule has 0 saturated carbocycles. The first-order valence-corrected chi connectivity index (χ1v) is 5.66. The van der Waals surface area contributed by atoms with Gasteiger partial charge < -0.3 is 5.11 Å². The van der Waals surface area contributed by atoms with Gasteiger partial charge in [-0.1, -0.05) is 17.7 Å². The first-order valence-electron chi connectivity index (χ1n) is 5.28. The SMILES string of the molecule is CCn1nccc1C(O)c1c(F)cccc1Cl. The average molecular weight is 255 g/mol. The first kappa shape index (κ1) is 12.1. The van der Waals surface area contributed by atoms with Crippen LogP contribution in [-0.2, 0) is 6.54 Å². The Morgan fingerprint density at radius 3 is 2.88 bits per heavy atom. The number of aliphatic hydroxyl groups is 1. The summed E-state index contributed by atoms with van der Waals surface area (Å²) in [7, 11) is 0. The molecule has 0 fully saturated rings. The summed E-state index contributed by atoms with van der Waals surface area (Å²) in [6, 6.07) is 5.98. The summed E-state index contributed by atoms with van der Waals surface area (Å²) in [5.41, 5.74) is 0.615. The highest BCUT2D eigenvalue weighted by molar-refractivity contribution is 6.31. The Kier molecular flexibility index (Phi) is 3.45. The predicted molar refractivity (Wildman–Crippen MR) is 63.4 cm³/mol. The van der Waals surface area contributed by atoms with Crippen LogP contribution in [0.25, 0.3) is 0 Å². The smallest absolute Gasteiger partial charge is 0.130 e. The molecule has 5 heteroatoms. The molecule has 0 aliphatic rings. The zero-order valence-electron chi connectivity index (χ0n) is 9.27. The lowest BCUT2D eigenvalue weighted by atomic mass is 10.1. The van der Waals surface area contributed by atoms with Gasteiger partial charge in [-0.2, -0.15) is 5.10 Å². The summed E-state index contributed by atoms with van der Waals surface area (Å²) in [6.45, 7) is 2.50. The van der Waals surface area contributed by atoms with Crippen LogP contribution in [0.3, 0.4) is 0 Å². The highest BCUT2D eigenvalue weighted by atomic mass is 35.5. The molecule has 1 aromatic heterocycles. The van der Waals surface area contributed by atoms with E-state index in [4.69, 9.17) is 11.6 Å². The minimum absolute atomic E-state index is 0.0874. The van der Waals surface area contributed by atoms with Crippen molar-refractivity contribution < 1.29 is 9.50 Å². The monoisotopic (exact) mass is 254 g/mol. The number of aromatic nitrogens is 2. The van der Waals surface area contributed by atoms with E-state index in [2.05, 4.69) is 5.10 Å². The summed E-state index contributed by atoms with van der Waals surface area (Å²) in [4.78, 5) is 0. The summed E-state index contributed by atoms with van der Waals surface area (Å²) in [5, 5.41) is 14.4. The molecule has 0 radical (unpaired) electrons. The Labute approximate surface area is 103 Å². The fourth-order valence-corrected chi connectivity index (χ4v) is 2.03. The topological polar surface area (TPSA) is 38.0 Å². The number of aliphatic hydroxyl groups excluding tert-OH is 1. The molecule has 0 spiro atoms. The van der Waals surface area contributed by atoms with Crippen molar-refractivity contribution in [1.29, 1.82) is 0 Å². The highest BCUT2D eigenvalue weighted by Gasteiger charge is 2.21. The van der Waals surface area contributed by atoms with Crippen LogP contribution in [0.15, 0.2) is 30.5 Å². The molecule has 3 nitrogen and oxygen atoms in total. The molecule has 1 unspecified atom stereocenters. The van der Waals surface area contributed by atoms with Gasteiger partial charge in [0.2, 0.25) is 0 Å². The maximum atomic E-state index is 13.7. The molecule has 1 aromatic carbocycles. The summed E-state index contributed by atoms with van der Waals surface area (Å²) in [5.74, 6) is -0.520. The number of halogens is 2. The lowest BCUT2D eigenvalue weighted by Gasteiger charge is -2.14. The van der Waals surface area contributed by atoms with Crippen LogP contribution < -0.4 is 0 Å². The zero-order valence-corrected chi connectivity index (χ0v) is 10.0. The lowest BCUT2D eigenvalue weighted by Crippen LogP contribution is -2.10. The number of rotatable bonds is 3. The molecule has 0 bridgehead atoms. The highest BCUT2D eigenvalue weighted by Crippen LogP contribution is 2.30. The van der Waals surface area contributed by atoms with E-state index < -0.39 is 11.9 Å². The number of hydrogen-bond acceptors (Lipinski definition) is 2. The van der Waals surface area contributed by atoms with Crippen LogP contribution in [0.2, 0.25) is 5.02 Å². The summed E-state index contributed by atoms with van der Waals surface area (Å²) < 4.78 is 15.3. The van der Waals surface area contributed by atoms with Gasteiger partial charge in [0.15, 0.2) is 0 Å². The van der Waals surface area contributed by atoms with E-state index in [-0.39, 0.29) is 10.6 Å². The second-order valence-corrected chi connectivity index (χ2v) is 4.02. The summed E-state index contributed by atoms with van der Waals surface area (Å²) in [6.07, 6.45) is 0.461. The van der Waals surface area contributed by atoms with Crippen LogP contribution in [0.1, 0.15) is 24.3 Å². The average Bonchev–Trinajstić information content (AvgIpc) is 2.76. The van der Waals surface area contributed by atoms with Crippen molar-refractivity contribution >= 4 is 11.6 Å². The van der Waals surface area contributed by atoms with E-state index in [1.807, 2.05) is 6.92 Å². The third-order valence-corrected chi connectivity index (χ3v) is 2.93. The molecule has 2 rings (SSSR count). The molecule has 17 heavy (non-hydrogen) atoms. The summed E-state index contributed by atoms with van der Waals surface area (Å²) >= 11 is 5.91. The first-order chi connectivity index (χ1) is 8.15.